The van der Waals surface area contributed by atoms with Crippen molar-refractivity contribution in [3.05, 3.63) is 0 Å². The summed E-state index contributed by atoms with van der Waals surface area (Å²) < 4.78 is 0. The maximum atomic E-state index is 11.1. The van der Waals surface area contributed by atoms with E-state index in [4.69, 9.17) is 23.2 Å². The second kappa shape index (κ2) is 3.96. The van der Waals surface area contributed by atoms with Gasteiger partial charge in [0.2, 0.25) is 11.8 Å². The van der Waals surface area contributed by atoms with Crippen LogP contribution in [0.1, 0.15) is 0 Å². The summed E-state index contributed by atoms with van der Waals surface area (Å²) in [4.78, 5) is 22.1. The van der Waals surface area contributed by atoms with Crippen LogP contribution in [0.4, 0.5) is 0 Å². The Morgan fingerprint density at radius 2 is 1.33 bits per heavy atom. The Balaban J connectivity index is 2.61. The first kappa shape index (κ1) is 9.61. The highest BCUT2D eigenvalue weighted by atomic mass is 35.5. The van der Waals surface area contributed by atoms with Gasteiger partial charge < -0.3 is 10.6 Å². The minimum absolute atomic E-state index is 0.0760. The van der Waals surface area contributed by atoms with Crippen molar-refractivity contribution in [1.29, 1.82) is 0 Å². The third-order valence-electron chi connectivity index (χ3n) is 1.57. The van der Waals surface area contributed by atoms with E-state index >= 15 is 0 Å². The third kappa shape index (κ3) is 1.81. The van der Waals surface area contributed by atoms with Gasteiger partial charge in [0.25, 0.3) is 0 Å². The van der Waals surface area contributed by atoms with Crippen molar-refractivity contribution in [2.75, 3.05) is 11.8 Å². The summed E-state index contributed by atoms with van der Waals surface area (Å²) in [5, 5.41) is 4.90. The molecule has 1 fully saturated rings. The zero-order chi connectivity index (χ0) is 9.14. The molecular weight excluding hydrogens is 203 g/mol. The minimum Gasteiger partial charge on any atom is -0.341 e. The maximum Gasteiger partial charge on any atom is 0.244 e. The highest BCUT2D eigenvalue weighted by molar-refractivity contribution is 6.22. The van der Waals surface area contributed by atoms with Crippen LogP contribution in [-0.2, 0) is 9.59 Å². The summed E-state index contributed by atoms with van der Waals surface area (Å²) in [6.07, 6.45) is 0. The number of halogens is 2. The molecule has 1 rings (SSSR count). The normalized spacial score (nSPS) is 29.5. The standard InChI is InChI=1S/C6H8Cl2N2O2/c7-1-3-5(11)10-4(2-8)6(12)9-3/h3-4H,1-2H2,(H,9,12)(H,10,11)/t3-,4?/m1/s1. The van der Waals surface area contributed by atoms with Crippen molar-refractivity contribution in [1.82, 2.24) is 10.6 Å². The maximum absolute atomic E-state index is 11.1. The van der Waals surface area contributed by atoms with Crippen LogP contribution in [0.5, 0.6) is 0 Å². The lowest BCUT2D eigenvalue weighted by Crippen LogP contribution is -2.62. The molecule has 1 aliphatic rings. The van der Waals surface area contributed by atoms with Crippen LogP contribution in [0.25, 0.3) is 0 Å². The Bertz CT molecular complexity index is 188. The lowest BCUT2D eigenvalue weighted by molar-refractivity contribution is -0.135. The van der Waals surface area contributed by atoms with Gasteiger partial charge in [-0.05, 0) is 0 Å². The molecule has 0 aliphatic carbocycles. The van der Waals surface area contributed by atoms with Crippen molar-refractivity contribution in [3.8, 4) is 0 Å². The van der Waals surface area contributed by atoms with E-state index in [1.807, 2.05) is 0 Å². The molecular formula is C6H8Cl2N2O2. The Kier molecular flexibility index (Phi) is 3.17. The van der Waals surface area contributed by atoms with Crippen LogP contribution >= 0.6 is 23.2 Å². The van der Waals surface area contributed by atoms with Gasteiger partial charge in [-0.15, -0.1) is 23.2 Å². The van der Waals surface area contributed by atoms with Gasteiger partial charge >= 0.3 is 0 Å². The first-order chi connectivity index (χ1) is 5.69. The first-order valence-electron chi connectivity index (χ1n) is 3.41. The molecule has 2 atom stereocenters. The van der Waals surface area contributed by atoms with Crippen LogP contribution in [0.2, 0.25) is 0 Å². The average Bonchev–Trinajstić information content (AvgIpc) is 2.08. The number of hydrogen-bond acceptors (Lipinski definition) is 2. The number of piperazine rings is 1. The van der Waals surface area contributed by atoms with E-state index < -0.39 is 12.1 Å². The highest BCUT2D eigenvalue weighted by Gasteiger charge is 2.32. The number of alkyl halides is 2. The summed E-state index contributed by atoms with van der Waals surface area (Å²) in [6.45, 7) is 0. The van der Waals surface area contributed by atoms with Crippen LogP contribution in [0.15, 0.2) is 0 Å². The van der Waals surface area contributed by atoms with Crippen LogP contribution in [0, 0.1) is 0 Å². The molecule has 6 heteroatoms. The highest BCUT2D eigenvalue weighted by Crippen LogP contribution is 2.00. The molecule has 0 radical (unpaired) electrons. The van der Waals surface area contributed by atoms with Crippen molar-refractivity contribution in [3.63, 3.8) is 0 Å². The molecule has 1 aliphatic heterocycles. The van der Waals surface area contributed by atoms with Crippen molar-refractivity contribution < 1.29 is 9.59 Å². The Morgan fingerprint density at radius 3 is 1.58 bits per heavy atom. The van der Waals surface area contributed by atoms with Gasteiger partial charge in [-0.3, -0.25) is 9.59 Å². The molecule has 1 unspecified atom stereocenters. The molecule has 0 spiro atoms. The molecule has 1 saturated heterocycles. The predicted molar refractivity (Wildman–Crippen MR) is 45.3 cm³/mol. The predicted octanol–water partition coefficient (Wildman–Crippen LogP) is -0.553. The fourth-order valence-electron chi connectivity index (χ4n) is 0.893. The Morgan fingerprint density at radius 1 is 1.00 bits per heavy atom. The van der Waals surface area contributed by atoms with Gasteiger partial charge in [-0.1, -0.05) is 0 Å². The van der Waals surface area contributed by atoms with E-state index in [0.717, 1.165) is 0 Å². The van der Waals surface area contributed by atoms with Gasteiger partial charge in [0.05, 0.1) is 11.8 Å². The second-order valence-corrected chi connectivity index (χ2v) is 3.05. The van der Waals surface area contributed by atoms with E-state index in [9.17, 15) is 9.59 Å². The molecule has 12 heavy (non-hydrogen) atoms. The minimum atomic E-state index is -0.626. The van der Waals surface area contributed by atoms with E-state index in [0.29, 0.717) is 0 Å². The Hall–Kier alpha value is -0.480. The molecule has 68 valence electrons. The van der Waals surface area contributed by atoms with Crippen molar-refractivity contribution in [2.24, 2.45) is 0 Å². The van der Waals surface area contributed by atoms with E-state index in [1.165, 1.54) is 0 Å². The summed E-state index contributed by atoms with van der Waals surface area (Å²) in [6, 6.07) is -1.25. The van der Waals surface area contributed by atoms with Crippen molar-refractivity contribution >= 4 is 35.0 Å². The SMILES string of the molecule is O=C1N[C@H](CCl)C(=O)NC1CCl. The molecule has 0 saturated carbocycles. The number of hydrogen-bond donors (Lipinski definition) is 2. The van der Waals surface area contributed by atoms with Gasteiger partial charge in [-0.25, -0.2) is 0 Å². The van der Waals surface area contributed by atoms with E-state index in [2.05, 4.69) is 10.6 Å². The quantitative estimate of drug-likeness (QED) is 0.602. The van der Waals surface area contributed by atoms with Crippen molar-refractivity contribution in [2.45, 2.75) is 12.1 Å². The zero-order valence-electron chi connectivity index (χ0n) is 6.14. The molecule has 4 nitrogen and oxygen atoms in total. The molecule has 2 N–H and O–H groups in total. The largest absolute Gasteiger partial charge is 0.341 e. The molecule has 0 aromatic rings. The molecule has 0 aromatic carbocycles. The monoisotopic (exact) mass is 210 g/mol. The molecule has 2 amide bonds. The fraction of sp³-hybridized carbons (Fsp3) is 0.667. The van der Waals surface area contributed by atoms with E-state index in [1.54, 1.807) is 0 Å². The number of carbonyl (C=O) groups is 2. The van der Waals surface area contributed by atoms with E-state index in [-0.39, 0.29) is 23.6 Å². The smallest absolute Gasteiger partial charge is 0.244 e. The average molecular weight is 211 g/mol. The van der Waals surface area contributed by atoms with Gasteiger partial charge in [-0.2, -0.15) is 0 Å². The fourth-order valence-corrected chi connectivity index (χ4v) is 1.33. The topological polar surface area (TPSA) is 58.2 Å². The Labute approximate surface area is 79.6 Å². The van der Waals surface area contributed by atoms with Gasteiger partial charge in [0.15, 0.2) is 0 Å². The lowest BCUT2D eigenvalue weighted by Gasteiger charge is -2.26. The molecule has 0 bridgehead atoms. The van der Waals surface area contributed by atoms with Crippen LogP contribution in [0.3, 0.4) is 0 Å². The molecule has 0 aromatic heterocycles. The summed E-state index contributed by atoms with van der Waals surface area (Å²) in [5.74, 6) is -0.412. The number of carbonyl (C=O) groups excluding carboxylic acids is 2. The van der Waals surface area contributed by atoms with Gasteiger partial charge in [0.1, 0.15) is 12.1 Å². The second-order valence-electron chi connectivity index (χ2n) is 2.43. The lowest BCUT2D eigenvalue weighted by atomic mass is 10.2. The van der Waals surface area contributed by atoms with Crippen LogP contribution in [-0.4, -0.2) is 35.7 Å². The third-order valence-corrected chi connectivity index (χ3v) is 2.19. The zero-order valence-corrected chi connectivity index (χ0v) is 7.65. The number of nitrogens with one attached hydrogen (secondary N) is 2. The number of rotatable bonds is 2. The first-order valence-corrected chi connectivity index (χ1v) is 4.48. The van der Waals surface area contributed by atoms with Gasteiger partial charge in [0, 0.05) is 0 Å². The summed E-state index contributed by atoms with van der Waals surface area (Å²) >= 11 is 10.8. The summed E-state index contributed by atoms with van der Waals surface area (Å²) in [7, 11) is 0. The summed E-state index contributed by atoms with van der Waals surface area (Å²) in [5.41, 5.74) is 0. The number of amides is 2. The molecule has 1 heterocycles. The van der Waals surface area contributed by atoms with Crippen LogP contribution < -0.4 is 10.6 Å².